The number of benzene rings is 1. The second-order valence-corrected chi connectivity index (χ2v) is 6.98. The third-order valence-electron chi connectivity index (χ3n) is 5.13. The Morgan fingerprint density at radius 1 is 1.29 bits per heavy atom. The highest BCUT2D eigenvalue weighted by atomic mass is 16.7. The van der Waals surface area contributed by atoms with E-state index < -0.39 is 11.9 Å². The second kappa shape index (κ2) is 5.69. The van der Waals surface area contributed by atoms with Gasteiger partial charge in [0.25, 0.3) is 5.79 Å². The molecule has 1 N–H and O–H groups in total. The molecular weight excluding hydrogens is 308 g/mol. The van der Waals surface area contributed by atoms with E-state index in [0.717, 1.165) is 35.7 Å². The molecular formula is C18H22N2O4. The zero-order valence-corrected chi connectivity index (χ0v) is 13.8. The lowest BCUT2D eigenvalue weighted by Gasteiger charge is -2.36. The van der Waals surface area contributed by atoms with Gasteiger partial charge in [-0.05, 0) is 42.5 Å². The Labute approximate surface area is 141 Å². The predicted octanol–water partition coefficient (Wildman–Crippen LogP) is 3.15. The quantitative estimate of drug-likeness (QED) is 0.858. The number of likely N-dealkylation sites (tertiary alicyclic amines) is 1. The number of carboxylic acid groups (broad SMARTS) is 1. The van der Waals surface area contributed by atoms with Gasteiger partial charge in [-0.15, -0.1) is 0 Å². The second-order valence-electron chi connectivity index (χ2n) is 6.98. The summed E-state index contributed by atoms with van der Waals surface area (Å²) in [4.78, 5) is 17.1. The van der Waals surface area contributed by atoms with Gasteiger partial charge < -0.3 is 19.5 Å². The van der Waals surface area contributed by atoms with E-state index in [1.165, 1.54) is 11.3 Å². The average Bonchev–Trinajstić information content (AvgIpc) is 2.92. The van der Waals surface area contributed by atoms with Gasteiger partial charge in [-0.25, -0.2) is 4.79 Å². The molecule has 3 aliphatic heterocycles. The zero-order chi connectivity index (χ0) is 16.7. The Morgan fingerprint density at radius 2 is 2.04 bits per heavy atom. The number of hydrogen-bond donors (Lipinski definition) is 1. The zero-order valence-electron chi connectivity index (χ0n) is 13.8. The molecule has 0 aromatic heterocycles. The van der Waals surface area contributed by atoms with Crippen LogP contribution in [0.3, 0.4) is 0 Å². The number of amides is 1. The maximum absolute atomic E-state index is 11.0. The summed E-state index contributed by atoms with van der Waals surface area (Å²) in [5.74, 6) is 1.44. The van der Waals surface area contributed by atoms with Crippen LogP contribution >= 0.6 is 0 Å². The van der Waals surface area contributed by atoms with Crippen molar-refractivity contribution >= 4 is 11.8 Å². The first-order valence-corrected chi connectivity index (χ1v) is 8.58. The average molecular weight is 330 g/mol. The maximum Gasteiger partial charge on any atom is 0.407 e. The molecule has 3 aliphatic rings. The number of ether oxygens (including phenoxy) is 2. The van der Waals surface area contributed by atoms with E-state index in [9.17, 15) is 4.79 Å². The molecule has 0 saturated carbocycles. The Bertz CT molecular complexity index is 692. The van der Waals surface area contributed by atoms with Crippen LogP contribution < -0.4 is 9.47 Å². The van der Waals surface area contributed by atoms with E-state index in [0.29, 0.717) is 31.8 Å². The molecule has 3 heterocycles. The number of hydrogen-bond acceptors (Lipinski definition) is 4. The molecule has 24 heavy (non-hydrogen) atoms. The van der Waals surface area contributed by atoms with Gasteiger partial charge in [0.2, 0.25) is 0 Å². The minimum Gasteiger partial charge on any atom is -0.465 e. The Kier molecular flexibility index (Phi) is 3.62. The third kappa shape index (κ3) is 2.70. The summed E-state index contributed by atoms with van der Waals surface area (Å²) in [5, 5.41) is 9.07. The molecule has 1 aromatic rings. The highest BCUT2D eigenvalue weighted by Gasteiger charge is 2.45. The van der Waals surface area contributed by atoms with Crippen LogP contribution in [0.25, 0.3) is 0 Å². The lowest BCUT2D eigenvalue weighted by molar-refractivity contribution is -0.114. The lowest BCUT2D eigenvalue weighted by atomic mass is 9.96. The van der Waals surface area contributed by atoms with Crippen molar-refractivity contribution in [1.29, 1.82) is 0 Å². The third-order valence-corrected chi connectivity index (χ3v) is 5.13. The van der Waals surface area contributed by atoms with Gasteiger partial charge in [-0.3, -0.25) is 4.99 Å². The summed E-state index contributed by atoms with van der Waals surface area (Å²) in [7, 11) is 0. The predicted molar refractivity (Wildman–Crippen MR) is 89.1 cm³/mol. The fourth-order valence-corrected chi connectivity index (χ4v) is 3.57. The highest BCUT2D eigenvalue weighted by molar-refractivity contribution is 6.01. The molecule has 0 radical (unpaired) electrons. The van der Waals surface area contributed by atoms with Crippen LogP contribution in [-0.2, 0) is 0 Å². The van der Waals surface area contributed by atoms with Crippen molar-refractivity contribution in [1.82, 2.24) is 4.90 Å². The van der Waals surface area contributed by atoms with Crippen molar-refractivity contribution in [3.8, 4) is 11.5 Å². The van der Waals surface area contributed by atoms with Gasteiger partial charge in [0.15, 0.2) is 11.5 Å². The minimum atomic E-state index is -0.882. The van der Waals surface area contributed by atoms with Crippen molar-refractivity contribution < 1.29 is 19.4 Å². The van der Waals surface area contributed by atoms with Gasteiger partial charge in [-0.1, -0.05) is 6.92 Å². The smallest absolute Gasteiger partial charge is 0.407 e. The van der Waals surface area contributed by atoms with E-state index in [1.807, 2.05) is 18.2 Å². The summed E-state index contributed by atoms with van der Waals surface area (Å²) >= 11 is 0. The van der Waals surface area contributed by atoms with E-state index in [1.54, 1.807) is 0 Å². The Hall–Kier alpha value is -2.24. The molecule has 1 saturated heterocycles. The number of aliphatic imine (C=N–C) groups is 1. The molecule has 1 spiro atoms. The topological polar surface area (TPSA) is 71.4 Å². The number of piperidine rings is 1. The summed E-state index contributed by atoms with van der Waals surface area (Å²) in [6.07, 6.45) is 2.37. The number of fused-ring (bicyclic) bond motifs is 1. The number of carbonyl (C=O) groups is 1. The van der Waals surface area contributed by atoms with Crippen molar-refractivity contribution in [3.63, 3.8) is 0 Å². The van der Waals surface area contributed by atoms with Crippen LogP contribution in [0.15, 0.2) is 23.2 Å². The van der Waals surface area contributed by atoms with Gasteiger partial charge in [-0.2, -0.15) is 0 Å². The first kappa shape index (κ1) is 15.3. The van der Waals surface area contributed by atoms with Crippen LogP contribution in [0.2, 0.25) is 0 Å². The van der Waals surface area contributed by atoms with Crippen molar-refractivity contribution in [2.75, 3.05) is 19.6 Å². The highest BCUT2D eigenvalue weighted by Crippen LogP contribution is 2.44. The molecule has 1 amide bonds. The van der Waals surface area contributed by atoms with Gasteiger partial charge in [0, 0.05) is 38.2 Å². The number of nitrogens with zero attached hydrogens (tertiary/aromatic N) is 2. The fourth-order valence-electron chi connectivity index (χ4n) is 3.57. The molecule has 0 aliphatic carbocycles. The molecule has 0 bridgehead atoms. The van der Waals surface area contributed by atoms with Crippen molar-refractivity contribution in [2.24, 2.45) is 10.9 Å². The largest absolute Gasteiger partial charge is 0.465 e. The van der Waals surface area contributed by atoms with Gasteiger partial charge >= 0.3 is 6.09 Å². The van der Waals surface area contributed by atoms with Gasteiger partial charge in [0.05, 0.1) is 0 Å². The molecule has 6 nitrogen and oxygen atoms in total. The Balaban J connectivity index is 1.50. The maximum atomic E-state index is 11.0. The number of rotatable bonds is 1. The molecule has 1 atom stereocenters. The van der Waals surface area contributed by atoms with E-state index in [2.05, 4.69) is 11.9 Å². The van der Waals surface area contributed by atoms with E-state index in [4.69, 9.17) is 14.6 Å². The molecule has 6 heteroatoms. The summed E-state index contributed by atoms with van der Waals surface area (Å²) in [5.41, 5.74) is 2.24. The van der Waals surface area contributed by atoms with Crippen LogP contribution in [0.5, 0.6) is 11.5 Å². The Morgan fingerprint density at radius 3 is 2.71 bits per heavy atom. The van der Waals surface area contributed by atoms with Crippen LogP contribution in [0, 0.1) is 5.92 Å². The first-order chi connectivity index (χ1) is 11.5. The standard InChI is InChI=1S/C18H22N2O4/c1-12-2-4-14(19-11-12)13-3-5-15-16(10-13)24-18(23-15)6-8-20(9-7-18)17(21)22/h3,5,10,12H,2,4,6-9,11H2,1H3,(H,21,22). The first-order valence-electron chi connectivity index (χ1n) is 8.58. The van der Waals surface area contributed by atoms with Crippen LogP contribution in [0.1, 0.15) is 38.2 Å². The molecule has 1 unspecified atom stereocenters. The molecule has 128 valence electrons. The lowest BCUT2D eigenvalue weighted by Crippen LogP contribution is -2.50. The van der Waals surface area contributed by atoms with Crippen molar-refractivity contribution in [2.45, 2.75) is 38.4 Å². The molecule has 1 aromatic carbocycles. The van der Waals surface area contributed by atoms with Crippen LogP contribution in [0.4, 0.5) is 4.79 Å². The van der Waals surface area contributed by atoms with E-state index in [-0.39, 0.29) is 0 Å². The molecule has 1 fully saturated rings. The SMILES string of the molecule is CC1CCC(c2ccc3c(c2)OC2(CCN(C(=O)O)CC2)O3)=NC1. The van der Waals surface area contributed by atoms with Crippen molar-refractivity contribution in [3.05, 3.63) is 23.8 Å². The molecule has 4 rings (SSSR count). The normalized spacial score (nSPS) is 24.8. The van der Waals surface area contributed by atoms with Crippen LogP contribution in [-0.4, -0.2) is 47.2 Å². The summed E-state index contributed by atoms with van der Waals surface area (Å²) in [6.45, 7) is 3.98. The van der Waals surface area contributed by atoms with Gasteiger partial charge in [0.1, 0.15) is 0 Å². The monoisotopic (exact) mass is 330 g/mol. The fraction of sp³-hybridized carbons (Fsp3) is 0.556. The minimum absolute atomic E-state index is 0.431. The van der Waals surface area contributed by atoms with E-state index >= 15 is 0 Å². The summed E-state index contributed by atoms with van der Waals surface area (Å²) in [6, 6.07) is 6.01. The summed E-state index contributed by atoms with van der Waals surface area (Å²) < 4.78 is 12.2.